The maximum atomic E-state index is 12.0. The molecule has 2 rings (SSSR count). The van der Waals surface area contributed by atoms with Crippen molar-refractivity contribution in [3.05, 3.63) is 18.2 Å². The Labute approximate surface area is 92.3 Å². The molecule has 0 unspecified atom stereocenters. The number of imidazole rings is 1. The Morgan fingerprint density at radius 2 is 2.31 bits per heavy atom. The van der Waals surface area contributed by atoms with Crippen LogP contribution in [0.25, 0.3) is 0 Å². The second-order valence-corrected chi connectivity index (χ2v) is 3.88. The summed E-state index contributed by atoms with van der Waals surface area (Å²) in [6.45, 7) is -0.248. The first kappa shape index (κ1) is 10.7. The number of rotatable bonds is 4. The van der Waals surface area contributed by atoms with Crippen molar-refractivity contribution < 1.29 is 14.7 Å². The van der Waals surface area contributed by atoms with E-state index in [1.165, 1.54) is 17.4 Å². The zero-order valence-corrected chi connectivity index (χ0v) is 8.72. The van der Waals surface area contributed by atoms with Crippen molar-refractivity contribution in [2.45, 2.75) is 25.3 Å². The second-order valence-electron chi connectivity index (χ2n) is 3.88. The lowest BCUT2D eigenvalue weighted by molar-refractivity contribution is -0.138. The summed E-state index contributed by atoms with van der Waals surface area (Å²) in [5, 5.41) is 8.78. The predicted octanol–water partition coefficient (Wildman–Crippen LogP) is 0.489. The van der Waals surface area contributed by atoms with Crippen molar-refractivity contribution in [2.75, 3.05) is 6.54 Å². The highest BCUT2D eigenvalue weighted by atomic mass is 16.4. The van der Waals surface area contributed by atoms with Crippen LogP contribution in [0.3, 0.4) is 0 Å². The normalized spacial score (nSPS) is 15.5. The van der Waals surface area contributed by atoms with Gasteiger partial charge in [-0.25, -0.2) is 4.98 Å². The van der Waals surface area contributed by atoms with Gasteiger partial charge in [-0.2, -0.15) is 0 Å². The molecule has 16 heavy (non-hydrogen) atoms. The summed E-state index contributed by atoms with van der Waals surface area (Å²) < 4.78 is 0. The predicted molar refractivity (Wildman–Crippen MR) is 54.9 cm³/mol. The van der Waals surface area contributed by atoms with Crippen molar-refractivity contribution in [2.24, 2.45) is 0 Å². The minimum absolute atomic E-state index is 0.0619. The van der Waals surface area contributed by atoms with Gasteiger partial charge >= 0.3 is 5.97 Å². The van der Waals surface area contributed by atoms with E-state index < -0.39 is 5.97 Å². The van der Waals surface area contributed by atoms with Crippen molar-refractivity contribution >= 4 is 11.9 Å². The van der Waals surface area contributed by atoms with Crippen LogP contribution < -0.4 is 0 Å². The molecule has 1 aromatic heterocycles. The minimum atomic E-state index is -0.986. The minimum Gasteiger partial charge on any atom is -0.480 e. The van der Waals surface area contributed by atoms with Crippen molar-refractivity contribution in [1.82, 2.24) is 14.9 Å². The molecule has 0 aromatic carbocycles. The average Bonchev–Trinajstić information content (AvgIpc) is 2.64. The number of carboxylic acid groups (broad SMARTS) is 1. The number of amides is 1. The number of carbonyl (C=O) groups is 2. The fourth-order valence-corrected chi connectivity index (χ4v) is 1.74. The second kappa shape index (κ2) is 4.34. The van der Waals surface area contributed by atoms with Gasteiger partial charge in [0.1, 0.15) is 12.2 Å². The number of hydrogen-bond donors (Lipinski definition) is 2. The van der Waals surface area contributed by atoms with E-state index in [0.717, 1.165) is 19.3 Å². The Hall–Kier alpha value is -1.85. The van der Waals surface area contributed by atoms with Crippen LogP contribution in [0, 0.1) is 0 Å². The third-order valence-electron chi connectivity index (χ3n) is 2.81. The molecule has 0 atom stereocenters. The molecule has 1 aliphatic carbocycles. The number of H-pyrrole nitrogens is 1. The molecule has 86 valence electrons. The molecular formula is C10H13N3O3. The molecule has 0 aliphatic heterocycles. The van der Waals surface area contributed by atoms with Crippen LogP contribution in [0.5, 0.6) is 0 Å². The van der Waals surface area contributed by atoms with E-state index in [4.69, 9.17) is 5.11 Å². The zero-order valence-electron chi connectivity index (χ0n) is 8.72. The van der Waals surface area contributed by atoms with Gasteiger partial charge in [0.2, 0.25) is 0 Å². The number of nitrogens with one attached hydrogen (secondary N) is 1. The molecule has 0 radical (unpaired) electrons. The summed E-state index contributed by atoms with van der Waals surface area (Å²) >= 11 is 0. The molecule has 1 saturated carbocycles. The molecule has 6 heteroatoms. The molecule has 6 nitrogen and oxygen atoms in total. The lowest BCUT2D eigenvalue weighted by atomic mass is 9.91. The number of hydrogen-bond acceptors (Lipinski definition) is 3. The van der Waals surface area contributed by atoms with Crippen LogP contribution in [0.2, 0.25) is 0 Å². The van der Waals surface area contributed by atoms with E-state index in [9.17, 15) is 9.59 Å². The molecular weight excluding hydrogens is 210 g/mol. The molecule has 1 heterocycles. The smallest absolute Gasteiger partial charge is 0.323 e. The van der Waals surface area contributed by atoms with Gasteiger partial charge in [0, 0.05) is 6.04 Å². The highest BCUT2D eigenvalue weighted by molar-refractivity contribution is 5.94. The molecule has 1 aliphatic rings. The van der Waals surface area contributed by atoms with Crippen molar-refractivity contribution in [3.8, 4) is 0 Å². The summed E-state index contributed by atoms with van der Waals surface area (Å²) in [7, 11) is 0. The number of aromatic nitrogens is 2. The fraction of sp³-hybridized carbons (Fsp3) is 0.500. The maximum absolute atomic E-state index is 12.0. The standard InChI is InChI=1S/C10H13N3O3/c14-9(15)5-13(7-2-1-3-7)10(16)8-4-11-6-12-8/h4,6-7H,1-3,5H2,(H,11,12)(H,14,15). The largest absolute Gasteiger partial charge is 0.480 e. The molecule has 1 fully saturated rings. The van der Waals surface area contributed by atoms with E-state index >= 15 is 0 Å². The van der Waals surface area contributed by atoms with E-state index in [1.807, 2.05) is 0 Å². The Kier molecular flexibility index (Phi) is 2.89. The van der Waals surface area contributed by atoms with Crippen LogP contribution in [-0.2, 0) is 4.79 Å². The lowest BCUT2D eigenvalue weighted by Gasteiger charge is -2.36. The lowest BCUT2D eigenvalue weighted by Crippen LogP contribution is -2.46. The van der Waals surface area contributed by atoms with Gasteiger partial charge in [0.15, 0.2) is 0 Å². The van der Waals surface area contributed by atoms with Crippen molar-refractivity contribution in [3.63, 3.8) is 0 Å². The van der Waals surface area contributed by atoms with E-state index in [0.29, 0.717) is 5.69 Å². The number of nitrogens with zero attached hydrogens (tertiary/aromatic N) is 2. The molecule has 0 spiro atoms. The fourth-order valence-electron chi connectivity index (χ4n) is 1.74. The van der Waals surface area contributed by atoms with Crippen LogP contribution in [0.15, 0.2) is 12.5 Å². The maximum Gasteiger partial charge on any atom is 0.323 e. The number of aliphatic carboxylic acids is 1. The zero-order chi connectivity index (χ0) is 11.5. The first-order valence-corrected chi connectivity index (χ1v) is 5.19. The third kappa shape index (κ3) is 2.05. The van der Waals surface area contributed by atoms with Crippen LogP contribution >= 0.6 is 0 Å². The molecule has 1 amide bonds. The molecule has 0 saturated heterocycles. The van der Waals surface area contributed by atoms with Gasteiger partial charge in [-0.05, 0) is 19.3 Å². The van der Waals surface area contributed by atoms with Crippen LogP contribution in [0.4, 0.5) is 0 Å². The summed E-state index contributed by atoms with van der Waals surface area (Å²) in [5.74, 6) is -1.27. The summed E-state index contributed by atoms with van der Waals surface area (Å²) in [6.07, 6.45) is 5.64. The summed E-state index contributed by atoms with van der Waals surface area (Å²) in [4.78, 5) is 30.5. The van der Waals surface area contributed by atoms with Gasteiger partial charge in [-0.1, -0.05) is 0 Å². The van der Waals surface area contributed by atoms with Gasteiger partial charge in [0.05, 0.1) is 12.5 Å². The number of aromatic amines is 1. The quantitative estimate of drug-likeness (QED) is 0.777. The first-order chi connectivity index (χ1) is 7.68. The highest BCUT2D eigenvalue weighted by Crippen LogP contribution is 2.25. The molecule has 2 N–H and O–H groups in total. The number of carbonyl (C=O) groups excluding carboxylic acids is 1. The Balaban J connectivity index is 2.11. The summed E-state index contributed by atoms with van der Waals surface area (Å²) in [5.41, 5.74) is 0.341. The molecule has 0 bridgehead atoms. The van der Waals surface area contributed by atoms with Gasteiger partial charge in [-0.3, -0.25) is 9.59 Å². The van der Waals surface area contributed by atoms with Gasteiger partial charge in [0.25, 0.3) is 5.91 Å². The Morgan fingerprint density at radius 3 is 2.75 bits per heavy atom. The van der Waals surface area contributed by atoms with E-state index in [2.05, 4.69) is 9.97 Å². The van der Waals surface area contributed by atoms with Gasteiger partial charge in [-0.15, -0.1) is 0 Å². The Bertz CT molecular complexity index is 384. The average molecular weight is 223 g/mol. The van der Waals surface area contributed by atoms with Gasteiger partial charge < -0.3 is 15.0 Å². The summed E-state index contributed by atoms with van der Waals surface area (Å²) in [6, 6.07) is 0.0619. The van der Waals surface area contributed by atoms with Crippen LogP contribution in [0.1, 0.15) is 29.8 Å². The highest BCUT2D eigenvalue weighted by Gasteiger charge is 2.31. The van der Waals surface area contributed by atoms with Crippen molar-refractivity contribution in [1.29, 1.82) is 0 Å². The first-order valence-electron chi connectivity index (χ1n) is 5.19. The number of carboxylic acids is 1. The van der Waals surface area contributed by atoms with E-state index in [-0.39, 0.29) is 18.5 Å². The topological polar surface area (TPSA) is 86.3 Å². The molecule has 1 aromatic rings. The monoisotopic (exact) mass is 223 g/mol. The third-order valence-corrected chi connectivity index (χ3v) is 2.81. The van der Waals surface area contributed by atoms with E-state index in [1.54, 1.807) is 0 Å². The van der Waals surface area contributed by atoms with Crippen LogP contribution in [-0.4, -0.2) is 44.4 Å². The Morgan fingerprint density at radius 1 is 1.56 bits per heavy atom. The SMILES string of the molecule is O=C(O)CN(C(=O)c1cnc[nH]1)C1CCC1.